The molecule has 0 radical (unpaired) electrons. The standard InChI is InChI=1S/C20H21NO4/c21-16-11-17(24-19(22)14-7-3-1-4-8-14)13-18(12-16)25-20(23)15-9-5-2-6-10-15/h1-10,16-18H,11-13,21H2/t16?,17-,18+. The second-order valence-electron chi connectivity index (χ2n) is 6.25. The zero-order valence-corrected chi connectivity index (χ0v) is 13.8. The first-order chi connectivity index (χ1) is 12.1. The summed E-state index contributed by atoms with van der Waals surface area (Å²) in [6.45, 7) is 0. The van der Waals surface area contributed by atoms with Crippen LogP contribution in [0.25, 0.3) is 0 Å². The minimum Gasteiger partial charge on any atom is -0.459 e. The van der Waals surface area contributed by atoms with E-state index in [-0.39, 0.29) is 30.2 Å². The van der Waals surface area contributed by atoms with Crippen molar-refractivity contribution in [3.63, 3.8) is 0 Å². The van der Waals surface area contributed by atoms with E-state index in [1.807, 2.05) is 12.1 Å². The Morgan fingerprint density at radius 1 is 0.720 bits per heavy atom. The number of hydrogen-bond acceptors (Lipinski definition) is 5. The average molecular weight is 339 g/mol. The van der Waals surface area contributed by atoms with Crippen LogP contribution in [-0.2, 0) is 9.47 Å². The fourth-order valence-electron chi connectivity index (χ4n) is 3.04. The summed E-state index contributed by atoms with van der Waals surface area (Å²) in [5.41, 5.74) is 7.06. The molecule has 130 valence electrons. The molecule has 0 bridgehead atoms. The van der Waals surface area contributed by atoms with Gasteiger partial charge < -0.3 is 15.2 Å². The Morgan fingerprint density at radius 2 is 1.12 bits per heavy atom. The molecule has 0 saturated heterocycles. The highest BCUT2D eigenvalue weighted by Crippen LogP contribution is 2.25. The highest BCUT2D eigenvalue weighted by atomic mass is 16.6. The van der Waals surface area contributed by atoms with Gasteiger partial charge in [-0.15, -0.1) is 0 Å². The van der Waals surface area contributed by atoms with Gasteiger partial charge in [0.15, 0.2) is 0 Å². The Labute approximate surface area is 146 Å². The monoisotopic (exact) mass is 339 g/mol. The Hall–Kier alpha value is -2.66. The number of esters is 2. The molecule has 1 unspecified atom stereocenters. The Kier molecular flexibility index (Phi) is 5.46. The zero-order valence-electron chi connectivity index (χ0n) is 13.8. The molecule has 2 aromatic carbocycles. The number of benzene rings is 2. The topological polar surface area (TPSA) is 78.6 Å². The van der Waals surface area contributed by atoms with Crippen molar-refractivity contribution in [1.29, 1.82) is 0 Å². The van der Waals surface area contributed by atoms with Crippen LogP contribution in [-0.4, -0.2) is 30.2 Å². The molecule has 5 heteroatoms. The highest BCUT2D eigenvalue weighted by Gasteiger charge is 2.32. The minimum atomic E-state index is -0.382. The molecule has 1 aliphatic rings. The normalized spacial score (nSPS) is 22.8. The van der Waals surface area contributed by atoms with Crippen molar-refractivity contribution in [2.24, 2.45) is 5.73 Å². The lowest BCUT2D eigenvalue weighted by molar-refractivity contribution is -0.0215. The second-order valence-corrected chi connectivity index (χ2v) is 6.25. The van der Waals surface area contributed by atoms with Crippen LogP contribution in [0.15, 0.2) is 60.7 Å². The van der Waals surface area contributed by atoms with Crippen molar-refractivity contribution in [3.8, 4) is 0 Å². The fourth-order valence-corrected chi connectivity index (χ4v) is 3.04. The number of hydrogen-bond donors (Lipinski definition) is 1. The van der Waals surface area contributed by atoms with Crippen LogP contribution in [0.3, 0.4) is 0 Å². The van der Waals surface area contributed by atoms with Gasteiger partial charge in [-0.1, -0.05) is 36.4 Å². The van der Waals surface area contributed by atoms with Crippen molar-refractivity contribution in [3.05, 3.63) is 71.8 Å². The third kappa shape index (κ3) is 4.67. The third-order valence-electron chi connectivity index (χ3n) is 4.22. The Bertz CT molecular complexity index is 655. The van der Waals surface area contributed by atoms with Gasteiger partial charge in [0, 0.05) is 12.5 Å². The van der Waals surface area contributed by atoms with Gasteiger partial charge >= 0.3 is 11.9 Å². The molecule has 1 aliphatic carbocycles. The second kappa shape index (κ2) is 7.94. The molecule has 25 heavy (non-hydrogen) atoms. The Morgan fingerprint density at radius 3 is 1.52 bits per heavy atom. The summed E-state index contributed by atoms with van der Waals surface area (Å²) in [5, 5.41) is 0. The smallest absolute Gasteiger partial charge is 0.338 e. The molecule has 5 nitrogen and oxygen atoms in total. The fraction of sp³-hybridized carbons (Fsp3) is 0.300. The average Bonchev–Trinajstić information content (AvgIpc) is 2.62. The SMILES string of the molecule is NC1C[C@@H](OC(=O)c2ccccc2)C[C@@H](OC(=O)c2ccccc2)C1. The lowest BCUT2D eigenvalue weighted by Gasteiger charge is -2.32. The van der Waals surface area contributed by atoms with Crippen LogP contribution in [0.5, 0.6) is 0 Å². The van der Waals surface area contributed by atoms with Crippen molar-refractivity contribution in [2.75, 3.05) is 0 Å². The lowest BCUT2D eigenvalue weighted by Crippen LogP contribution is -2.41. The van der Waals surface area contributed by atoms with E-state index in [1.54, 1.807) is 48.5 Å². The molecular formula is C20H21NO4. The molecule has 0 aromatic heterocycles. The molecule has 0 heterocycles. The molecular weight excluding hydrogens is 318 g/mol. The van der Waals surface area contributed by atoms with E-state index in [0.717, 1.165) is 0 Å². The summed E-state index contributed by atoms with van der Waals surface area (Å²) in [4.78, 5) is 24.4. The molecule has 1 fully saturated rings. The quantitative estimate of drug-likeness (QED) is 0.867. The van der Waals surface area contributed by atoms with Gasteiger partial charge in [0.2, 0.25) is 0 Å². The molecule has 0 aliphatic heterocycles. The predicted molar refractivity (Wildman–Crippen MR) is 93.1 cm³/mol. The van der Waals surface area contributed by atoms with E-state index in [0.29, 0.717) is 30.4 Å². The van der Waals surface area contributed by atoms with Gasteiger partial charge in [0.1, 0.15) is 12.2 Å². The van der Waals surface area contributed by atoms with E-state index in [2.05, 4.69) is 0 Å². The molecule has 2 N–H and O–H groups in total. The summed E-state index contributed by atoms with van der Waals surface area (Å²) < 4.78 is 11.1. The van der Waals surface area contributed by atoms with Crippen LogP contribution in [0.2, 0.25) is 0 Å². The van der Waals surface area contributed by atoms with Crippen LogP contribution in [0, 0.1) is 0 Å². The number of nitrogens with two attached hydrogens (primary N) is 1. The zero-order chi connectivity index (χ0) is 17.6. The first-order valence-electron chi connectivity index (χ1n) is 8.39. The molecule has 2 aromatic rings. The Balaban J connectivity index is 1.60. The van der Waals surface area contributed by atoms with Gasteiger partial charge in [-0.3, -0.25) is 0 Å². The maximum Gasteiger partial charge on any atom is 0.338 e. The number of carbonyl (C=O) groups excluding carboxylic acids is 2. The molecule has 3 rings (SSSR count). The first-order valence-corrected chi connectivity index (χ1v) is 8.39. The molecule has 3 atom stereocenters. The first kappa shape index (κ1) is 17.2. The lowest BCUT2D eigenvalue weighted by atomic mass is 9.91. The van der Waals surface area contributed by atoms with E-state index < -0.39 is 0 Å². The van der Waals surface area contributed by atoms with Gasteiger partial charge in [0.25, 0.3) is 0 Å². The van der Waals surface area contributed by atoms with E-state index in [4.69, 9.17) is 15.2 Å². The maximum atomic E-state index is 12.2. The van der Waals surface area contributed by atoms with Gasteiger partial charge in [0.05, 0.1) is 11.1 Å². The van der Waals surface area contributed by atoms with Gasteiger partial charge in [-0.25, -0.2) is 9.59 Å². The number of carbonyl (C=O) groups is 2. The van der Waals surface area contributed by atoms with E-state index >= 15 is 0 Å². The van der Waals surface area contributed by atoms with Crippen molar-refractivity contribution >= 4 is 11.9 Å². The minimum absolute atomic E-state index is 0.170. The summed E-state index contributed by atoms with van der Waals surface area (Å²) in [7, 11) is 0. The van der Waals surface area contributed by atoms with Crippen LogP contribution < -0.4 is 5.73 Å². The highest BCUT2D eigenvalue weighted by molar-refractivity contribution is 5.90. The van der Waals surface area contributed by atoms with E-state index in [9.17, 15) is 9.59 Å². The van der Waals surface area contributed by atoms with E-state index in [1.165, 1.54) is 0 Å². The molecule has 1 saturated carbocycles. The number of rotatable bonds is 4. The van der Waals surface area contributed by atoms with Crippen molar-refractivity contribution in [2.45, 2.75) is 37.5 Å². The summed E-state index contributed by atoms with van der Waals surface area (Å²) in [5.74, 6) is -0.763. The number of ether oxygens (including phenoxy) is 2. The molecule has 0 spiro atoms. The largest absolute Gasteiger partial charge is 0.459 e. The van der Waals surface area contributed by atoms with Crippen LogP contribution in [0.1, 0.15) is 40.0 Å². The van der Waals surface area contributed by atoms with Crippen molar-refractivity contribution < 1.29 is 19.1 Å². The van der Waals surface area contributed by atoms with Crippen LogP contribution >= 0.6 is 0 Å². The van der Waals surface area contributed by atoms with Crippen molar-refractivity contribution in [1.82, 2.24) is 0 Å². The third-order valence-corrected chi connectivity index (χ3v) is 4.22. The summed E-state index contributed by atoms with van der Waals surface area (Å²) >= 11 is 0. The summed E-state index contributed by atoms with van der Waals surface area (Å²) in [6, 6.07) is 17.5. The maximum absolute atomic E-state index is 12.2. The van der Waals surface area contributed by atoms with Gasteiger partial charge in [-0.2, -0.15) is 0 Å². The summed E-state index contributed by atoms with van der Waals surface area (Å²) in [6.07, 6.45) is 0.885. The van der Waals surface area contributed by atoms with Crippen LogP contribution in [0.4, 0.5) is 0 Å². The molecule has 0 amide bonds. The predicted octanol–water partition coefficient (Wildman–Crippen LogP) is 2.95. The van der Waals surface area contributed by atoms with Gasteiger partial charge in [-0.05, 0) is 37.1 Å².